The molecule has 7 heteroatoms. The predicted molar refractivity (Wildman–Crippen MR) is 80.5 cm³/mol. The van der Waals surface area contributed by atoms with Gasteiger partial charge in [0.2, 0.25) is 0 Å². The van der Waals surface area contributed by atoms with Crippen molar-refractivity contribution >= 4 is 17.9 Å². The molecule has 0 bridgehead atoms. The number of aromatic nitrogens is 3. The molecule has 0 saturated carbocycles. The minimum atomic E-state index is 0.659. The van der Waals surface area contributed by atoms with Crippen molar-refractivity contribution in [2.24, 2.45) is 5.10 Å². The summed E-state index contributed by atoms with van der Waals surface area (Å²) in [5, 5.41) is 4.15. The lowest BCUT2D eigenvalue weighted by molar-refractivity contribution is 0.122. The van der Waals surface area contributed by atoms with Crippen molar-refractivity contribution in [3.8, 4) is 0 Å². The molecule has 2 aromatic heterocycles. The summed E-state index contributed by atoms with van der Waals surface area (Å²) in [4.78, 5) is 14.6. The average Bonchev–Trinajstić information content (AvgIpc) is 2.57. The first-order chi connectivity index (χ1) is 10.4. The third-order valence-electron chi connectivity index (χ3n) is 3.06. The molecule has 0 spiro atoms. The van der Waals surface area contributed by atoms with E-state index in [1.54, 1.807) is 18.6 Å². The van der Waals surface area contributed by atoms with E-state index in [9.17, 15) is 0 Å². The fraction of sp³-hybridized carbons (Fsp3) is 0.286. The van der Waals surface area contributed by atoms with Gasteiger partial charge in [-0.2, -0.15) is 5.10 Å². The van der Waals surface area contributed by atoms with Crippen LogP contribution in [0.4, 0.5) is 11.6 Å². The predicted octanol–water partition coefficient (Wildman–Crippen LogP) is 1.15. The Labute approximate surface area is 122 Å². The van der Waals surface area contributed by atoms with Gasteiger partial charge in [0.05, 0.1) is 19.4 Å². The second kappa shape index (κ2) is 6.76. The molecule has 1 fully saturated rings. The summed E-state index contributed by atoms with van der Waals surface area (Å²) in [5.74, 6) is 1.54. The molecule has 0 aliphatic carbocycles. The van der Waals surface area contributed by atoms with Crippen LogP contribution in [0.2, 0.25) is 0 Å². The van der Waals surface area contributed by atoms with E-state index >= 15 is 0 Å². The Kier molecular flexibility index (Phi) is 4.33. The van der Waals surface area contributed by atoms with Crippen LogP contribution >= 0.6 is 0 Å². The lowest BCUT2D eigenvalue weighted by atomic mass is 10.3. The largest absolute Gasteiger partial charge is 0.378 e. The van der Waals surface area contributed by atoms with Gasteiger partial charge in [-0.3, -0.25) is 10.4 Å². The summed E-state index contributed by atoms with van der Waals surface area (Å²) in [6.45, 7) is 3.14. The van der Waals surface area contributed by atoms with Crippen molar-refractivity contribution in [1.29, 1.82) is 0 Å². The number of nitrogens with one attached hydrogen (secondary N) is 1. The van der Waals surface area contributed by atoms with Crippen LogP contribution in [0.25, 0.3) is 0 Å². The van der Waals surface area contributed by atoms with E-state index in [1.807, 2.05) is 18.2 Å². The van der Waals surface area contributed by atoms with E-state index < -0.39 is 0 Å². The summed E-state index contributed by atoms with van der Waals surface area (Å²) in [7, 11) is 0. The number of morpholine rings is 1. The first kappa shape index (κ1) is 13.4. The van der Waals surface area contributed by atoms with Gasteiger partial charge >= 0.3 is 0 Å². The SMILES string of the molecule is C(=N\Nc1cc(N2CCOCC2)ncn1)/c1cccnc1. The van der Waals surface area contributed by atoms with Gasteiger partial charge in [0, 0.05) is 37.1 Å². The summed E-state index contributed by atoms with van der Waals surface area (Å²) in [6.07, 6.45) is 6.70. The fourth-order valence-corrected chi connectivity index (χ4v) is 2.00. The van der Waals surface area contributed by atoms with Crippen LogP contribution in [0.15, 0.2) is 42.0 Å². The van der Waals surface area contributed by atoms with Crippen molar-refractivity contribution in [3.63, 3.8) is 0 Å². The number of pyridine rings is 1. The minimum absolute atomic E-state index is 0.659. The van der Waals surface area contributed by atoms with Gasteiger partial charge in [-0.1, -0.05) is 6.07 Å². The fourth-order valence-electron chi connectivity index (χ4n) is 2.00. The molecule has 0 unspecified atom stereocenters. The second-order valence-corrected chi connectivity index (χ2v) is 4.52. The summed E-state index contributed by atoms with van der Waals surface area (Å²) < 4.78 is 5.34. The van der Waals surface area contributed by atoms with Crippen molar-refractivity contribution in [2.45, 2.75) is 0 Å². The Morgan fingerprint density at radius 1 is 1.29 bits per heavy atom. The highest BCUT2D eigenvalue weighted by Gasteiger charge is 2.12. The Bertz CT molecular complexity index is 597. The van der Waals surface area contributed by atoms with Crippen molar-refractivity contribution in [1.82, 2.24) is 15.0 Å². The van der Waals surface area contributed by atoms with Crippen LogP contribution in [0.1, 0.15) is 5.56 Å². The van der Waals surface area contributed by atoms with Crippen molar-refractivity contribution in [3.05, 3.63) is 42.5 Å². The highest BCUT2D eigenvalue weighted by atomic mass is 16.5. The standard InChI is InChI=1S/C14H16N6O/c1-2-12(9-15-3-1)10-18-19-13-8-14(17-11-16-13)20-4-6-21-7-5-20/h1-3,8-11H,4-7H2,(H,16,17,19)/b18-10+. The zero-order valence-corrected chi connectivity index (χ0v) is 11.5. The maximum absolute atomic E-state index is 5.34. The van der Waals surface area contributed by atoms with Crippen molar-refractivity contribution < 1.29 is 4.74 Å². The van der Waals surface area contributed by atoms with E-state index in [0.717, 1.165) is 37.7 Å². The highest BCUT2D eigenvalue weighted by Crippen LogP contribution is 2.15. The molecule has 3 heterocycles. The monoisotopic (exact) mass is 284 g/mol. The zero-order chi connectivity index (χ0) is 14.3. The molecule has 0 atom stereocenters. The molecule has 1 aliphatic heterocycles. The molecule has 2 aromatic rings. The van der Waals surface area contributed by atoms with Crippen LogP contribution < -0.4 is 10.3 Å². The smallest absolute Gasteiger partial charge is 0.151 e. The normalized spacial score (nSPS) is 15.3. The van der Waals surface area contributed by atoms with E-state index in [0.29, 0.717) is 5.82 Å². The van der Waals surface area contributed by atoms with E-state index in [1.165, 1.54) is 6.33 Å². The molecule has 3 rings (SSSR count). The van der Waals surface area contributed by atoms with Crippen molar-refractivity contribution in [2.75, 3.05) is 36.6 Å². The van der Waals surface area contributed by atoms with Gasteiger partial charge in [0.1, 0.15) is 12.1 Å². The van der Waals surface area contributed by atoms with Crippen LogP contribution in [0, 0.1) is 0 Å². The Hall–Kier alpha value is -2.54. The van der Waals surface area contributed by atoms with Crippen LogP contribution in [0.5, 0.6) is 0 Å². The number of nitrogens with zero attached hydrogens (tertiary/aromatic N) is 5. The summed E-state index contributed by atoms with van der Waals surface area (Å²) in [5.41, 5.74) is 3.83. The molecular formula is C14H16N6O. The molecule has 0 radical (unpaired) electrons. The molecule has 7 nitrogen and oxygen atoms in total. The third-order valence-corrected chi connectivity index (χ3v) is 3.06. The molecule has 0 amide bonds. The molecule has 1 saturated heterocycles. The van der Waals surface area contributed by atoms with Gasteiger partial charge < -0.3 is 9.64 Å². The summed E-state index contributed by atoms with van der Waals surface area (Å²) in [6, 6.07) is 5.67. The number of hydrogen-bond acceptors (Lipinski definition) is 7. The molecular weight excluding hydrogens is 268 g/mol. The number of ether oxygens (including phenoxy) is 1. The van der Waals surface area contributed by atoms with Gasteiger partial charge in [-0.05, 0) is 6.07 Å². The quantitative estimate of drug-likeness (QED) is 0.670. The van der Waals surface area contributed by atoms with Crippen LogP contribution in [-0.2, 0) is 4.74 Å². The third kappa shape index (κ3) is 3.73. The first-order valence-electron chi connectivity index (χ1n) is 6.76. The maximum Gasteiger partial charge on any atom is 0.151 e. The zero-order valence-electron chi connectivity index (χ0n) is 11.5. The van der Waals surface area contributed by atoms with E-state index in [-0.39, 0.29) is 0 Å². The number of rotatable bonds is 4. The van der Waals surface area contributed by atoms with Crippen LogP contribution in [-0.4, -0.2) is 47.5 Å². The van der Waals surface area contributed by atoms with E-state index in [4.69, 9.17) is 4.74 Å². The first-order valence-corrected chi connectivity index (χ1v) is 6.76. The summed E-state index contributed by atoms with van der Waals surface area (Å²) >= 11 is 0. The van der Waals surface area contributed by atoms with Crippen LogP contribution in [0.3, 0.4) is 0 Å². The Balaban J connectivity index is 1.64. The molecule has 1 aliphatic rings. The number of hydrazone groups is 1. The maximum atomic E-state index is 5.34. The average molecular weight is 284 g/mol. The Morgan fingerprint density at radius 2 is 2.19 bits per heavy atom. The molecule has 108 valence electrons. The van der Waals surface area contributed by atoms with Gasteiger partial charge in [-0.15, -0.1) is 0 Å². The highest BCUT2D eigenvalue weighted by molar-refractivity contribution is 5.79. The molecule has 0 aromatic carbocycles. The molecule has 1 N–H and O–H groups in total. The molecule has 21 heavy (non-hydrogen) atoms. The van der Waals surface area contributed by atoms with E-state index in [2.05, 4.69) is 30.4 Å². The number of anilines is 2. The van der Waals surface area contributed by atoms with Gasteiger partial charge in [0.25, 0.3) is 0 Å². The topological polar surface area (TPSA) is 75.5 Å². The number of hydrogen-bond donors (Lipinski definition) is 1. The second-order valence-electron chi connectivity index (χ2n) is 4.52. The van der Waals surface area contributed by atoms with Gasteiger partial charge in [-0.25, -0.2) is 9.97 Å². The minimum Gasteiger partial charge on any atom is -0.378 e. The lowest BCUT2D eigenvalue weighted by Gasteiger charge is -2.27. The van der Waals surface area contributed by atoms with Gasteiger partial charge in [0.15, 0.2) is 5.82 Å². The lowest BCUT2D eigenvalue weighted by Crippen LogP contribution is -2.36. The Morgan fingerprint density at radius 3 is 3.00 bits per heavy atom.